The Morgan fingerprint density at radius 1 is 1.31 bits per heavy atom. The van der Waals surface area contributed by atoms with Crippen molar-refractivity contribution in [1.82, 2.24) is 10.3 Å². The Morgan fingerprint density at radius 2 is 2.06 bits per heavy atom. The summed E-state index contributed by atoms with van der Waals surface area (Å²) in [6.07, 6.45) is 3.58. The maximum absolute atomic E-state index is 4.74. The second kappa shape index (κ2) is 7.02. The molecule has 1 aromatic heterocycles. The first kappa shape index (κ1) is 13.7. The van der Waals surface area contributed by atoms with E-state index in [-0.39, 0.29) is 0 Å². The smallest absolute Gasteiger partial charge is 0.110 e. The maximum atomic E-state index is 4.74. The van der Waals surface area contributed by atoms with E-state index in [2.05, 4.69) is 38.4 Å². The van der Waals surface area contributed by atoms with Gasteiger partial charge in [0.05, 0.1) is 11.7 Å². The first-order valence-corrected chi connectivity index (χ1v) is 7.25. The molecule has 16 heavy (non-hydrogen) atoms. The standard InChI is InChI=1S/C13H24N2S/c1-5-7-11(14-8-6-2)13-15-12(9-16-13)10(3)4/h9-11,14H,5-8H2,1-4H3. The van der Waals surface area contributed by atoms with Gasteiger partial charge >= 0.3 is 0 Å². The van der Waals surface area contributed by atoms with Gasteiger partial charge in [-0.1, -0.05) is 34.1 Å². The van der Waals surface area contributed by atoms with Crippen molar-refractivity contribution < 1.29 is 0 Å². The molecule has 0 radical (unpaired) electrons. The number of nitrogens with zero attached hydrogens (tertiary/aromatic N) is 1. The number of aromatic nitrogens is 1. The zero-order valence-corrected chi connectivity index (χ0v) is 11.7. The molecule has 0 fully saturated rings. The van der Waals surface area contributed by atoms with Crippen molar-refractivity contribution in [2.75, 3.05) is 6.54 Å². The SMILES string of the molecule is CCCNC(CCC)c1nc(C(C)C)cs1. The van der Waals surface area contributed by atoms with Crippen LogP contribution in [0.4, 0.5) is 0 Å². The van der Waals surface area contributed by atoms with Crippen LogP contribution in [0.15, 0.2) is 5.38 Å². The highest BCUT2D eigenvalue weighted by molar-refractivity contribution is 7.09. The summed E-state index contributed by atoms with van der Waals surface area (Å²) < 4.78 is 0. The number of nitrogens with one attached hydrogen (secondary N) is 1. The summed E-state index contributed by atoms with van der Waals surface area (Å²) in [5.41, 5.74) is 1.24. The average molecular weight is 240 g/mol. The van der Waals surface area contributed by atoms with Crippen LogP contribution in [0.25, 0.3) is 0 Å². The van der Waals surface area contributed by atoms with Crippen molar-refractivity contribution >= 4 is 11.3 Å². The normalized spacial score (nSPS) is 13.3. The summed E-state index contributed by atoms with van der Waals surface area (Å²) in [4.78, 5) is 4.74. The average Bonchev–Trinajstić information content (AvgIpc) is 2.73. The lowest BCUT2D eigenvalue weighted by atomic mass is 10.1. The fraction of sp³-hybridized carbons (Fsp3) is 0.769. The highest BCUT2D eigenvalue weighted by atomic mass is 32.1. The van der Waals surface area contributed by atoms with Crippen LogP contribution in [-0.2, 0) is 0 Å². The summed E-state index contributed by atoms with van der Waals surface area (Å²) in [7, 11) is 0. The molecular formula is C13H24N2S. The van der Waals surface area contributed by atoms with E-state index in [4.69, 9.17) is 4.98 Å². The zero-order chi connectivity index (χ0) is 12.0. The van der Waals surface area contributed by atoms with E-state index in [1.165, 1.54) is 30.0 Å². The lowest BCUT2D eigenvalue weighted by molar-refractivity contribution is 0.490. The van der Waals surface area contributed by atoms with Gasteiger partial charge in [-0.05, 0) is 25.3 Å². The van der Waals surface area contributed by atoms with Crippen LogP contribution >= 0.6 is 11.3 Å². The van der Waals surface area contributed by atoms with Crippen molar-refractivity contribution in [2.45, 2.75) is 58.9 Å². The second-order valence-corrected chi connectivity index (χ2v) is 5.45. The van der Waals surface area contributed by atoms with Crippen LogP contribution in [0.1, 0.15) is 69.6 Å². The van der Waals surface area contributed by atoms with Crippen LogP contribution in [0.2, 0.25) is 0 Å². The van der Waals surface area contributed by atoms with Gasteiger partial charge < -0.3 is 5.32 Å². The molecule has 1 rings (SSSR count). The molecule has 0 saturated heterocycles. The number of rotatable bonds is 7. The lowest BCUT2D eigenvalue weighted by Gasteiger charge is -2.14. The van der Waals surface area contributed by atoms with Gasteiger partial charge in [0.2, 0.25) is 0 Å². The predicted molar refractivity (Wildman–Crippen MR) is 72.1 cm³/mol. The molecule has 92 valence electrons. The van der Waals surface area contributed by atoms with Gasteiger partial charge in [0.1, 0.15) is 5.01 Å². The van der Waals surface area contributed by atoms with Gasteiger partial charge in [0.25, 0.3) is 0 Å². The second-order valence-electron chi connectivity index (χ2n) is 4.56. The minimum absolute atomic E-state index is 0.461. The fourth-order valence-electron chi connectivity index (χ4n) is 1.65. The van der Waals surface area contributed by atoms with Crippen LogP contribution in [0, 0.1) is 0 Å². The Morgan fingerprint density at radius 3 is 2.56 bits per heavy atom. The molecule has 0 bridgehead atoms. The number of thiazole rings is 1. The molecule has 0 aromatic carbocycles. The van der Waals surface area contributed by atoms with Crippen LogP contribution < -0.4 is 5.32 Å². The first-order valence-electron chi connectivity index (χ1n) is 6.37. The van der Waals surface area contributed by atoms with Gasteiger partial charge in [-0.25, -0.2) is 4.98 Å². The van der Waals surface area contributed by atoms with Crippen molar-refractivity contribution in [3.05, 3.63) is 16.1 Å². The monoisotopic (exact) mass is 240 g/mol. The Kier molecular flexibility index (Phi) is 5.99. The summed E-state index contributed by atoms with van der Waals surface area (Å²) in [6, 6.07) is 0.461. The van der Waals surface area contributed by atoms with Crippen LogP contribution in [0.3, 0.4) is 0 Å². The molecular weight excluding hydrogens is 216 g/mol. The Balaban J connectivity index is 2.67. The number of hydrogen-bond donors (Lipinski definition) is 1. The Hall–Kier alpha value is -0.410. The Labute approximate surface area is 103 Å². The van der Waals surface area contributed by atoms with Crippen molar-refractivity contribution in [3.8, 4) is 0 Å². The van der Waals surface area contributed by atoms with Gasteiger partial charge in [0.15, 0.2) is 0 Å². The lowest BCUT2D eigenvalue weighted by Crippen LogP contribution is -2.21. The minimum Gasteiger partial charge on any atom is -0.308 e. The van der Waals surface area contributed by atoms with E-state index < -0.39 is 0 Å². The zero-order valence-electron chi connectivity index (χ0n) is 10.9. The summed E-state index contributed by atoms with van der Waals surface area (Å²) in [5, 5.41) is 7.05. The summed E-state index contributed by atoms with van der Waals surface area (Å²) in [5.74, 6) is 0.540. The molecule has 1 aromatic rings. The highest BCUT2D eigenvalue weighted by Gasteiger charge is 2.14. The third kappa shape index (κ3) is 3.87. The minimum atomic E-state index is 0.461. The van der Waals surface area contributed by atoms with Crippen molar-refractivity contribution in [2.24, 2.45) is 0 Å². The van der Waals surface area contributed by atoms with Crippen molar-refractivity contribution in [1.29, 1.82) is 0 Å². The molecule has 1 unspecified atom stereocenters. The molecule has 0 spiro atoms. The molecule has 0 amide bonds. The van der Waals surface area contributed by atoms with E-state index in [1.54, 1.807) is 11.3 Å². The third-order valence-electron chi connectivity index (χ3n) is 2.65. The highest BCUT2D eigenvalue weighted by Crippen LogP contribution is 2.25. The largest absolute Gasteiger partial charge is 0.308 e. The maximum Gasteiger partial charge on any atom is 0.110 e. The van der Waals surface area contributed by atoms with Crippen molar-refractivity contribution in [3.63, 3.8) is 0 Å². The molecule has 1 atom stereocenters. The Bertz CT molecular complexity index is 294. The van der Waals surface area contributed by atoms with E-state index in [0.29, 0.717) is 12.0 Å². The molecule has 0 aliphatic carbocycles. The molecule has 0 saturated carbocycles. The molecule has 2 nitrogen and oxygen atoms in total. The topological polar surface area (TPSA) is 24.9 Å². The first-order chi connectivity index (χ1) is 7.69. The molecule has 0 aliphatic rings. The molecule has 3 heteroatoms. The molecule has 1 N–H and O–H groups in total. The van der Waals surface area contributed by atoms with Crippen LogP contribution in [0.5, 0.6) is 0 Å². The van der Waals surface area contributed by atoms with Gasteiger partial charge in [-0.3, -0.25) is 0 Å². The van der Waals surface area contributed by atoms with E-state index in [0.717, 1.165) is 6.54 Å². The van der Waals surface area contributed by atoms with Gasteiger partial charge in [-0.15, -0.1) is 11.3 Å². The summed E-state index contributed by atoms with van der Waals surface area (Å²) in [6.45, 7) is 9.93. The quantitative estimate of drug-likeness (QED) is 0.776. The molecule has 1 heterocycles. The van der Waals surface area contributed by atoms with E-state index in [1.807, 2.05) is 0 Å². The van der Waals surface area contributed by atoms with Gasteiger partial charge in [-0.2, -0.15) is 0 Å². The van der Waals surface area contributed by atoms with Gasteiger partial charge in [0, 0.05) is 5.38 Å². The summed E-state index contributed by atoms with van der Waals surface area (Å²) >= 11 is 1.80. The van der Waals surface area contributed by atoms with Crippen LogP contribution in [-0.4, -0.2) is 11.5 Å². The van der Waals surface area contributed by atoms with E-state index >= 15 is 0 Å². The predicted octanol–water partition coefficient (Wildman–Crippen LogP) is 4.11. The molecule has 0 aliphatic heterocycles. The van der Waals surface area contributed by atoms with E-state index in [9.17, 15) is 0 Å². The third-order valence-corrected chi connectivity index (χ3v) is 3.62. The number of hydrogen-bond acceptors (Lipinski definition) is 3. The fourth-order valence-corrected chi connectivity index (χ4v) is 2.74.